The lowest BCUT2D eigenvalue weighted by atomic mass is 10.3. The number of anilines is 1. The van der Waals surface area contributed by atoms with Gasteiger partial charge in [0.15, 0.2) is 5.82 Å². The van der Waals surface area contributed by atoms with Gasteiger partial charge in [0.05, 0.1) is 5.51 Å². The number of nitrogens with zero attached hydrogens (tertiary/aromatic N) is 4. The Morgan fingerprint density at radius 2 is 2.14 bits per heavy atom. The van der Waals surface area contributed by atoms with Gasteiger partial charge in [-0.1, -0.05) is 0 Å². The monoisotopic (exact) mass is 208 g/mol. The third kappa shape index (κ3) is 1.72. The number of likely N-dealkylation sites (N-methyl/N-ethyl adjacent to an activating group) is 1. The molecule has 0 aromatic carbocycles. The van der Waals surface area contributed by atoms with Crippen molar-refractivity contribution in [2.24, 2.45) is 0 Å². The highest BCUT2D eigenvalue weighted by Gasteiger charge is 2.18. The van der Waals surface area contributed by atoms with Gasteiger partial charge in [-0.05, 0) is 7.05 Å². The molecule has 0 saturated carbocycles. The third-order valence-corrected chi connectivity index (χ3v) is 3.17. The van der Waals surface area contributed by atoms with E-state index >= 15 is 0 Å². The molecule has 14 heavy (non-hydrogen) atoms. The molecule has 1 saturated heterocycles. The fourth-order valence-corrected chi connectivity index (χ4v) is 2.16. The van der Waals surface area contributed by atoms with Crippen molar-refractivity contribution in [3.8, 4) is 6.07 Å². The van der Waals surface area contributed by atoms with Crippen LogP contribution < -0.4 is 4.90 Å². The van der Waals surface area contributed by atoms with E-state index < -0.39 is 0 Å². The first kappa shape index (κ1) is 9.44. The largest absolute Gasteiger partial charge is 0.352 e. The molecule has 0 atom stereocenters. The molecular weight excluding hydrogens is 196 g/mol. The summed E-state index contributed by atoms with van der Waals surface area (Å²) in [4.78, 5) is 9.45. The van der Waals surface area contributed by atoms with Crippen LogP contribution in [0.15, 0.2) is 5.51 Å². The molecule has 2 rings (SSSR count). The third-order valence-electron chi connectivity index (χ3n) is 2.45. The molecule has 0 bridgehead atoms. The van der Waals surface area contributed by atoms with Crippen molar-refractivity contribution in [1.29, 1.82) is 5.26 Å². The Morgan fingerprint density at radius 1 is 1.43 bits per heavy atom. The lowest BCUT2D eigenvalue weighted by molar-refractivity contribution is 0.312. The van der Waals surface area contributed by atoms with Crippen molar-refractivity contribution in [3.05, 3.63) is 10.4 Å². The lowest BCUT2D eigenvalue weighted by Crippen LogP contribution is -2.44. The number of thiazole rings is 1. The molecule has 0 spiro atoms. The average molecular weight is 208 g/mol. The molecule has 1 aliphatic rings. The van der Waals surface area contributed by atoms with Crippen LogP contribution in [0.1, 0.15) is 4.88 Å². The summed E-state index contributed by atoms with van der Waals surface area (Å²) in [5.41, 5.74) is 1.74. The molecule has 74 valence electrons. The van der Waals surface area contributed by atoms with E-state index in [9.17, 15) is 0 Å². The van der Waals surface area contributed by atoms with Gasteiger partial charge in [-0.25, -0.2) is 4.98 Å². The molecule has 2 heterocycles. The Labute approximate surface area is 87.4 Å². The van der Waals surface area contributed by atoms with E-state index in [-0.39, 0.29) is 0 Å². The summed E-state index contributed by atoms with van der Waals surface area (Å²) in [6.45, 7) is 4.02. The maximum Gasteiger partial charge on any atom is 0.157 e. The van der Waals surface area contributed by atoms with E-state index in [0.29, 0.717) is 0 Å². The standard InChI is InChI=1S/C9H12N4S/c1-12-2-4-13(5-3-12)9-8(6-10)14-7-11-9/h7H,2-5H2,1H3. The van der Waals surface area contributed by atoms with Crippen LogP contribution >= 0.6 is 11.3 Å². The number of rotatable bonds is 1. The maximum atomic E-state index is 8.87. The van der Waals surface area contributed by atoms with E-state index in [2.05, 4.69) is 27.9 Å². The highest BCUT2D eigenvalue weighted by Crippen LogP contribution is 2.22. The van der Waals surface area contributed by atoms with Crippen molar-refractivity contribution in [2.75, 3.05) is 38.1 Å². The molecule has 0 amide bonds. The zero-order valence-electron chi connectivity index (χ0n) is 8.10. The van der Waals surface area contributed by atoms with Crippen LogP contribution in [0.4, 0.5) is 5.82 Å². The Balaban J connectivity index is 2.13. The molecule has 0 aliphatic carbocycles. The van der Waals surface area contributed by atoms with Gasteiger partial charge < -0.3 is 9.80 Å². The van der Waals surface area contributed by atoms with Gasteiger partial charge in [-0.3, -0.25) is 0 Å². The van der Waals surface area contributed by atoms with E-state index in [4.69, 9.17) is 5.26 Å². The maximum absolute atomic E-state index is 8.87. The SMILES string of the molecule is CN1CCN(c2ncsc2C#N)CC1. The van der Waals surface area contributed by atoms with Gasteiger partial charge in [0.25, 0.3) is 0 Å². The molecule has 1 aliphatic heterocycles. The first-order chi connectivity index (χ1) is 6.81. The van der Waals surface area contributed by atoms with Crippen molar-refractivity contribution < 1.29 is 0 Å². The quantitative estimate of drug-likeness (QED) is 0.683. The van der Waals surface area contributed by atoms with Gasteiger partial charge >= 0.3 is 0 Å². The van der Waals surface area contributed by atoms with Crippen LogP contribution in [-0.2, 0) is 0 Å². The second kappa shape index (κ2) is 3.95. The number of aromatic nitrogens is 1. The van der Waals surface area contributed by atoms with Gasteiger partial charge in [-0.2, -0.15) is 5.26 Å². The summed E-state index contributed by atoms with van der Waals surface area (Å²) in [7, 11) is 2.11. The van der Waals surface area contributed by atoms with Crippen LogP contribution in [0, 0.1) is 11.3 Å². The van der Waals surface area contributed by atoms with E-state index in [1.807, 2.05) is 0 Å². The summed E-state index contributed by atoms with van der Waals surface area (Å²) >= 11 is 1.42. The summed E-state index contributed by atoms with van der Waals surface area (Å²) in [5.74, 6) is 0.866. The topological polar surface area (TPSA) is 43.2 Å². The van der Waals surface area contributed by atoms with Gasteiger partial charge in [0.2, 0.25) is 0 Å². The van der Waals surface area contributed by atoms with Gasteiger partial charge in [0, 0.05) is 26.2 Å². The number of piperazine rings is 1. The summed E-state index contributed by atoms with van der Waals surface area (Å²) in [5, 5.41) is 8.87. The predicted molar refractivity (Wildman–Crippen MR) is 56.5 cm³/mol. The fraction of sp³-hybridized carbons (Fsp3) is 0.556. The number of nitriles is 1. The van der Waals surface area contributed by atoms with Crippen LogP contribution in [0.5, 0.6) is 0 Å². The molecule has 1 fully saturated rings. The predicted octanol–water partition coefficient (Wildman–Crippen LogP) is 0.767. The second-order valence-corrected chi connectivity index (χ2v) is 4.26. The first-order valence-corrected chi connectivity index (χ1v) is 5.46. The fourth-order valence-electron chi connectivity index (χ4n) is 1.56. The van der Waals surface area contributed by atoms with Crippen molar-refractivity contribution in [3.63, 3.8) is 0 Å². The van der Waals surface area contributed by atoms with Gasteiger partial charge in [-0.15, -0.1) is 11.3 Å². The molecule has 4 nitrogen and oxygen atoms in total. The average Bonchev–Trinajstić information content (AvgIpc) is 2.67. The lowest BCUT2D eigenvalue weighted by Gasteiger charge is -2.32. The summed E-state index contributed by atoms with van der Waals surface area (Å²) < 4.78 is 0. The minimum Gasteiger partial charge on any atom is -0.352 e. The van der Waals surface area contributed by atoms with E-state index in [1.54, 1.807) is 5.51 Å². The van der Waals surface area contributed by atoms with Crippen LogP contribution in [-0.4, -0.2) is 43.1 Å². The van der Waals surface area contributed by atoms with Crippen LogP contribution in [0.2, 0.25) is 0 Å². The molecule has 1 aromatic heterocycles. The van der Waals surface area contributed by atoms with Crippen molar-refractivity contribution in [2.45, 2.75) is 0 Å². The molecule has 0 N–H and O–H groups in total. The highest BCUT2D eigenvalue weighted by molar-refractivity contribution is 7.10. The number of hydrogen-bond donors (Lipinski definition) is 0. The van der Waals surface area contributed by atoms with Crippen molar-refractivity contribution in [1.82, 2.24) is 9.88 Å². The number of hydrogen-bond acceptors (Lipinski definition) is 5. The zero-order valence-corrected chi connectivity index (χ0v) is 8.92. The summed E-state index contributed by atoms with van der Waals surface area (Å²) in [6, 6.07) is 2.18. The molecule has 5 heteroatoms. The molecule has 0 unspecified atom stereocenters. The van der Waals surface area contributed by atoms with E-state index in [1.165, 1.54) is 11.3 Å². The smallest absolute Gasteiger partial charge is 0.157 e. The second-order valence-electron chi connectivity index (χ2n) is 3.41. The molecule has 0 radical (unpaired) electrons. The minimum absolute atomic E-state index is 0.731. The van der Waals surface area contributed by atoms with E-state index in [0.717, 1.165) is 36.9 Å². The highest BCUT2D eigenvalue weighted by atomic mass is 32.1. The van der Waals surface area contributed by atoms with Crippen molar-refractivity contribution >= 4 is 17.2 Å². The van der Waals surface area contributed by atoms with Crippen LogP contribution in [0.3, 0.4) is 0 Å². The summed E-state index contributed by atoms with van der Waals surface area (Å²) in [6.07, 6.45) is 0. The van der Waals surface area contributed by atoms with Crippen LogP contribution in [0.25, 0.3) is 0 Å². The Morgan fingerprint density at radius 3 is 2.79 bits per heavy atom. The molecular formula is C9H12N4S. The Kier molecular flexibility index (Phi) is 2.66. The first-order valence-electron chi connectivity index (χ1n) is 4.58. The Hall–Kier alpha value is -1.12. The molecule has 1 aromatic rings. The Bertz CT molecular complexity index is 346. The zero-order chi connectivity index (χ0) is 9.97. The normalized spacial score (nSPS) is 18.1. The van der Waals surface area contributed by atoms with Gasteiger partial charge in [0.1, 0.15) is 10.9 Å². The minimum atomic E-state index is 0.731.